The van der Waals surface area contributed by atoms with E-state index in [9.17, 15) is 5.11 Å². The first-order valence-corrected chi connectivity index (χ1v) is 5.08. The van der Waals surface area contributed by atoms with Crippen LogP contribution >= 0.6 is 0 Å². The number of nitrogens with one attached hydrogen (secondary N) is 1. The second-order valence-corrected chi connectivity index (χ2v) is 4.85. The van der Waals surface area contributed by atoms with E-state index in [0.717, 1.165) is 13.1 Å². The highest BCUT2D eigenvalue weighted by atomic mass is 16.5. The average molecular weight is 197 g/mol. The minimum Gasteiger partial charge on any atom is -0.427 e. The zero-order chi connectivity index (χ0) is 10.8. The van der Waals surface area contributed by atoms with E-state index in [4.69, 9.17) is 4.65 Å². The average Bonchev–Trinajstić information content (AvgIpc) is 2.50. The van der Waals surface area contributed by atoms with Gasteiger partial charge in [0.1, 0.15) is 0 Å². The minimum absolute atomic E-state index is 0.517. The van der Waals surface area contributed by atoms with Crippen LogP contribution in [0.15, 0.2) is 11.5 Å². The summed E-state index contributed by atoms with van der Waals surface area (Å²) in [6.45, 7) is 9.21. The second kappa shape index (κ2) is 4.05. The predicted molar refractivity (Wildman–Crippen MR) is 59.6 cm³/mol. The molecule has 0 aliphatic carbocycles. The molecule has 0 aromatic rings. The Bertz CT molecular complexity index is 231. The highest BCUT2D eigenvalue weighted by Gasteiger charge is 2.35. The molecule has 1 rings (SSSR count). The van der Waals surface area contributed by atoms with Gasteiger partial charge in [-0.2, -0.15) is 0 Å². The smallest absolute Gasteiger partial charge is 0.306 e. The van der Waals surface area contributed by atoms with Gasteiger partial charge in [-0.15, -0.1) is 0 Å². The summed E-state index contributed by atoms with van der Waals surface area (Å²) in [6, 6.07) is 0. The Morgan fingerprint density at radius 3 is 2.50 bits per heavy atom. The van der Waals surface area contributed by atoms with Gasteiger partial charge in [0.25, 0.3) is 0 Å². The molecule has 0 aromatic carbocycles. The van der Waals surface area contributed by atoms with Gasteiger partial charge < -0.3 is 15.1 Å². The van der Waals surface area contributed by atoms with E-state index < -0.39 is 11.2 Å². The van der Waals surface area contributed by atoms with Crippen molar-refractivity contribution in [2.24, 2.45) is 0 Å². The molecule has 2 N–H and O–H groups in total. The Morgan fingerprint density at radius 2 is 2.07 bits per heavy atom. The summed E-state index contributed by atoms with van der Waals surface area (Å²) in [7, 11) is 0.601. The van der Waals surface area contributed by atoms with Crippen molar-refractivity contribution in [3.05, 3.63) is 11.5 Å². The number of hydrogen-bond acceptors (Lipinski definition) is 3. The van der Waals surface area contributed by atoms with Crippen LogP contribution in [0.1, 0.15) is 27.7 Å². The quantitative estimate of drug-likeness (QED) is 0.640. The summed E-state index contributed by atoms with van der Waals surface area (Å²) in [4.78, 5) is 0. The standard InChI is InChI=1S/C10H20BNO2/c1-9(2,13)10(3,4)14-11-8-5-6-12-7-8/h5,11-13H,6-7H2,1-4H3. The lowest BCUT2D eigenvalue weighted by molar-refractivity contribution is -0.0897. The first-order valence-electron chi connectivity index (χ1n) is 5.08. The van der Waals surface area contributed by atoms with Crippen LogP contribution in [0.5, 0.6) is 0 Å². The molecule has 0 unspecified atom stereocenters. The number of hydrogen-bond donors (Lipinski definition) is 2. The van der Waals surface area contributed by atoms with Crippen molar-refractivity contribution < 1.29 is 9.76 Å². The zero-order valence-corrected chi connectivity index (χ0v) is 9.55. The summed E-state index contributed by atoms with van der Waals surface area (Å²) in [5.41, 5.74) is -0.0712. The number of aliphatic hydroxyl groups is 1. The van der Waals surface area contributed by atoms with Gasteiger partial charge in [0.05, 0.1) is 11.2 Å². The highest BCUT2D eigenvalue weighted by molar-refractivity contribution is 6.38. The van der Waals surface area contributed by atoms with E-state index in [0.29, 0.717) is 7.48 Å². The third-order valence-electron chi connectivity index (χ3n) is 2.98. The Balaban J connectivity index is 2.43. The second-order valence-electron chi connectivity index (χ2n) is 4.85. The fourth-order valence-electron chi connectivity index (χ4n) is 1.08. The maximum Gasteiger partial charge on any atom is 0.306 e. The summed E-state index contributed by atoms with van der Waals surface area (Å²) in [6.07, 6.45) is 2.14. The topological polar surface area (TPSA) is 41.5 Å². The van der Waals surface area contributed by atoms with Gasteiger partial charge in [0.2, 0.25) is 0 Å². The third-order valence-corrected chi connectivity index (χ3v) is 2.98. The molecule has 0 saturated heterocycles. The monoisotopic (exact) mass is 197 g/mol. The molecule has 0 fully saturated rings. The molecular weight excluding hydrogens is 177 g/mol. The van der Waals surface area contributed by atoms with Gasteiger partial charge in [-0.1, -0.05) is 11.5 Å². The van der Waals surface area contributed by atoms with Crippen LogP contribution in [-0.2, 0) is 4.65 Å². The third kappa shape index (κ3) is 2.84. The van der Waals surface area contributed by atoms with E-state index >= 15 is 0 Å². The molecule has 14 heavy (non-hydrogen) atoms. The molecule has 3 nitrogen and oxygen atoms in total. The number of rotatable bonds is 4. The van der Waals surface area contributed by atoms with Crippen molar-refractivity contribution in [1.29, 1.82) is 0 Å². The highest BCUT2D eigenvalue weighted by Crippen LogP contribution is 2.24. The van der Waals surface area contributed by atoms with Crippen LogP contribution < -0.4 is 5.32 Å². The molecule has 4 heteroatoms. The van der Waals surface area contributed by atoms with E-state index in [2.05, 4.69) is 11.4 Å². The molecule has 0 saturated carbocycles. The molecule has 80 valence electrons. The van der Waals surface area contributed by atoms with Gasteiger partial charge in [0.15, 0.2) is 0 Å². The molecule has 0 aromatic heterocycles. The molecule has 0 bridgehead atoms. The maximum atomic E-state index is 9.86. The first kappa shape index (κ1) is 11.8. The summed E-state index contributed by atoms with van der Waals surface area (Å²) in [5, 5.41) is 13.1. The van der Waals surface area contributed by atoms with Gasteiger partial charge in [-0.05, 0) is 27.7 Å². The van der Waals surface area contributed by atoms with Crippen LogP contribution in [0.2, 0.25) is 0 Å². The van der Waals surface area contributed by atoms with E-state index in [-0.39, 0.29) is 0 Å². The molecule has 1 aliphatic rings. The molecular formula is C10H20BNO2. The molecule has 0 spiro atoms. The molecule has 1 heterocycles. The molecule has 0 radical (unpaired) electrons. The fourth-order valence-corrected chi connectivity index (χ4v) is 1.08. The zero-order valence-electron chi connectivity index (χ0n) is 9.55. The lowest BCUT2D eigenvalue weighted by atomic mass is 9.82. The van der Waals surface area contributed by atoms with Crippen LogP contribution in [-0.4, -0.2) is 36.9 Å². The lowest BCUT2D eigenvalue weighted by Crippen LogP contribution is -2.48. The lowest BCUT2D eigenvalue weighted by Gasteiger charge is -2.37. The molecule has 1 aliphatic heterocycles. The van der Waals surface area contributed by atoms with Gasteiger partial charge in [-0.3, -0.25) is 0 Å². The Kier molecular flexibility index (Phi) is 3.40. The predicted octanol–water partition coefficient (Wildman–Crippen LogP) is 0.391. The summed E-state index contributed by atoms with van der Waals surface area (Å²) < 4.78 is 5.72. The van der Waals surface area contributed by atoms with Crippen LogP contribution in [0.4, 0.5) is 0 Å². The van der Waals surface area contributed by atoms with Crippen LogP contribution in [0.25, 0.3) is 0 Å². The molecule has 0 atom stereocenters. The van der Waals surface area contributed by atoms with Gasteiger partial charge in [-0.25, -0.2) is 0 Å². The van der Waals surface area contributed by atoms with Crippen LogP contribution in [0, 0.1) is 0 Å². The van der Waals surface area contributed by atoms with Crippen molar-refractivity contribution >= 4 is 7.48 Å². The fraction of sp³-hybridized carbons (Fsp3) is 0.800. The largest absolute Gasteiger partial charge is 0.427 e. The van der Waals surface area contributed by atoms with E-state index in [1.807, 2.05) is 13.8 Å². The van der Waals surface area contributed by atoms with E-state index in [1.54, 1.807) is 13.8 Å². The Hall–Kier alpha value is -0.315. The Morgan fingerprint density at radius 1 is 1.43 bits per heavy atom. The Labute approximate surface area is 86.8 Å². The first-order chi connectivity index (χ1) is 6.33. The van der Waals surface area contributed by atoms with E-state index in [1.165, 1.54) is 5.47 Å². The summed E-state index contributed by atoms with van der Waals surface area (Å²) in [5.74, 6) is 0. The van der Waals surface area contributed by atoms with Crippen LogP contribution in [0.3, 0.4) is 0 Å². The normalized spacial score (nSPS) is 18.2. The van der Waals surface area contributed by atoms with Crippen molar-refractivity contribution in [1.82, 2.24) is 5.32 Å². The molecule has 0 amide bonds. The minimum atomic E-state index is -0.820. The van der Waals surface area contributed by atoms with Crippen molar-refractivity contribution in [3.63, 3.8) is 0 Å². The van der Waals surface area contributed by atoms with Gasteiger partial charge >= 0.3 is 7.48 Å². The van der Waals surface area contributed by atoms with Crippen molar-refractivity contribution in [2.45, 2.75) is 38.9 Å². The van der Waals surface area contributed by atoms with Crippen molar-refractivity contribution in [3.8, 4) is 0 Å². The van der Waals surface area contributed by atoms with Gasteiger partial charge in [0, 0.05) is 13.1 Å². The summed E-state index contributed by atoms with van der Waals surface area (Å²) >= 11 is 0. The SMILES string of the molecule is CC(C)(O)C(C)(C)OBC1=CCNC1. The maximum absolute atomic E-state index is 9.86. The van der Waals surface area contributed by atoms with Crippen molar-refractivity contribution in [2.75, 3.05) is 13.1 Å².